The number of phenols is 1. The van der Waals surface area contributed by atoms with Crippen LogP contribution in [0.2, 0.25) is 5.02 Å². The molecule has 1 aromatic heterocycles. The maximum absolute atomic E-state index is 12.0. The molecule has 0 fully saturated rings. The summed E-state index contributed by atoms with van der Waals surface area (Å²) in [5, 5.41) is 26.0. The van der Waals surface area contributed by atoms with E-state index in [0.717, 1.165) is 4.80 Å². The molecule has 0 bridgehead atoms. The Morgan fingerprint density at radius 2 is 2.21 bits per heavy atom. The van der Waals surface area contributed by atoms with Crippen LogP contribution in [0.5, 0.6) is 11.5 Å². The van der Waals surface area contributed by atoms with Crippen molar-refractivity contribution < 1.29 is 14.6 Å². The molecule has 3 aromatic rings. The first kappa shape index (κ1) is 19.8. The first-order valence-corrected chi connectivity index (χ1v) is 9.06. The Morgan fingerprint density at radius 1 is 1.43 bits per heavy atom. The van der Waals surface area contributed by atoms with Crippen LogP contribution in [0.3, 0.4) is 0 Å². The second-order valence-electron chi connectivity index (χ2n) is 5.47. The summed E-state index contributed by atoms with van der Waals surface area (Å²) < 4.78 is 5.50. The summed E-state index contributed by atoms with van der Waals surface area (Å²) in [6, 6.07) is 10.3. The zero-order chi connectivity index (χ0) is 20.1. The number of benzene rings is 2. The highest BCUT2D eigenvalue weighted by Gasteiger charge is 2.11. The van der Waals surface area contributed by atoms with Crippen LogP contribution in [0, 0.1) is 0 Å². The molecule has 1 amide bonds. The van der Waals surface area contributed by atoms with Crippen molar-refractivity contribution in [1.82, 2.24) is 25.6 Å². The molecule has 1 heterocycles. The van der Waals surface area contributed by atoms with Gasteiger partial charge in [0.25, 0.3) is 5.91 Å². The van der Waals surface area contributed by atoms with Gasteiger partial charge in [0.05, 0.1) is 22.8 Å². The van der Waals surface area contributed by atoms with Crippen LogP contribution in [0.15, 0.2) is 46.0 Å². The van der Waals surface area contributed by atoms with Gasteiger partial charge >= 0.3 is 0 Å². The van der Waals surface area contributed by atoms with Gasteiger partial charge in [0, 0.05) is 5.56 Å². The Morgan fingerprint density at radius 3 is 2.96 bits per heavy atom. The topological polar surface area (TPSA) is 115 Å². The van der Waals surface area contributed by atoms with E-state index in [9.17, 15) is 9.90 Å². The lowest BCUT2D eigenvalue weighted by atomic mass is 10.2. The number of hydrogen-bond donors (Lipinski definition) is 2. The van der Waals surface area contributed by atoms with E-state index < -0.39 is 5.91 Å². The van der Waals surface area contributed by atoms with Crippen LogP contribution >= 0.6 is 27.5 Å². The molecule has 11 heteroatoms. The van der Waals surface area contributed by atoms with Crippen molar-refractivity contribution in [2.24, 2.45) is 5.10 Å². The van der Waals surface area contributed by atoms with Crippen molar-refractivity contribution in [1.29, 1.82) is 0 Å². The fraction of sp³-hybridized carbons (Fsp3) is 0.118. The molecule has 0 aliphatic heterocycles. The first-order chi connectivity index (χ1) is 13.5. The van der Waals surface area contributed by atoms with E-state index >= 15 is 0 Å². The number of rotatable bonds is 6. The highest BCUT2D eigenvalue weighted by atomic mass is 79.9. The second-order valence-corrected chi connectivity index (χ2v) is 6.73. The number of ether oxygens (including phenoxy) is 1. The molecule has 0 saturated heterocycles. The number of hydrazone groups is 1. The lowest BCUT2D eigenvalue weighted by molar-refractivity contribution is -0.122. The summed E-state index contributed by atoms with van der Waals surface area (Å²) in [7, 11) is 1.44. The number of carbonyl (C=O) groups is 1. The van der Waals surface area contributed by atoms with Gasteiger partial charge in [-0.05, 0) is 51.0 Å². The molecule has 0 spiro atoms. The van der Waals surface area contributed by atoms with Crippen molar-refractivity contribution in [2.75, 3.05) is 7.11 Å². The van der Waals surface area contributed by atoms with E-state index in [2.05, 4.69) is 41.9 Å². The zero-order valence-electron chi connectivity index (χ0n) is 14.5. The fourth-order valence-corrected chi connectivity index (χ4v) is 2.91. The molecule has 144 valence electrons. The van der Waals surface area contributed by atoms with E-state index in [1.165, 1.54) is 13.3 Å². The molecule has 2 N–H and O–H groups in total. The Balaban J connectivity index is 1.62. The fourth-order valence-electron chi connectivity index (χ4n) is 2.23. The average Bonchev–Trinajstić information content (AvgIpc) is 3.12. The van der Waals surface area contributed by atoms with Gasteiger partial charge in [0.15, 0.2) is 11.5 Å². The molecule has 9 nitrogen and oxygen atoms in total. The lowest BCUT2D eigenvalue weighted by Gasteiger charge is -2.06. The molecule has 0 aliphatic carbocycles. The summed E-state index contributed by atoms with van der Waals surface area (Å²) in [5.74, 6) is 0.142. The summed E-state index contributed by atoms with van der Waals surface area (Å²) in [4.78, 5) is 13.1. The quantitative estimate of drug-likeness (QED) is 0.427. The smallest absolute Gasteiger partial charge is 0.263 e. The molecule has 3 rings (SSSR count). The molecular weight excluding hydrogens is 452 g/mol. The monoisotopic (exact) mass is 464 g/mol. The highest BCUT2D eigenvalue weighted by Crippen LogP contribution is 2.34. The predicted octanol–water partition coefficient (Wildman–Crippen LogP) is 2.62. The minimum absolute atomic E-state index is 0.0183. The van der Waals surface area contributed by atoms with Crippen molar-refractivity contribution in [2.45, 2.75) is 6.54 Å². The number of halogens is 2. The maximum Gasteiger partial charge on any atom is 0.263 e. The summed E-state index contributed by atoms with van der Waals surface area (Å²) in [6.45, 7) is -0.169. The molecule has 0 saturated carbocycles. The minimum Gasteiger partial charge on any atom is -0.503 e. The van der Waals surface area contributed by atoms with Gasteiger partial charge in [-0.3, -0.25) is 4.79 Å². The summed E-state index contributed by atoms with van der Waals surface area (Å²) >= 11 is 9.31. The van der Waals surface area contributed by atoms with E-state index in [1.54, 1.807) is 36.4 Å². The van der Waals surface area contributed by atoms with Gasteiger partial charge in [0.1, 0.15) is 6.54 Å². The van der Waals surface area contributed by atoms with E-state index in [-0.39, 0.29) is 18.0 Å². The van der Waals surface area contributed by atoms with Crippen LogP contribution in [-0.4, -0.2) is 44.5 Å². The van der Waals surface area contributed by atoms with Crippen molar-refractivity contribution in [3.63, 3.8) is 0 Å². The molecule has 0 radical (unpaired) electrons. The number of methoxy groups -OCH3 is 1. The molecule has 28 heavy (non-hydrogen) atoms. The number of hydrogen-bond acceptors (Lipinski definition) is 7. The number of carbonyl (C=O) groups excluding carboxylic acids is 1. The van der Waals surface area contributed by atoms with Crippen molar-refractivity contribution >= 4 is 39.7 Å². The minimum atomic E-state index is -0.441. The van der Waals surface area contributed by atoms with E-state index in [1.807, 2.05) is 0 Å². The average molecular weight is 466 g/mol. The van der Waals surface area contributed by atoms with Crippen LogP contribution in [0.25, 0.3) is 11.4 Å². The molecule has 0 aliphatic rings. The first-order valence-electron chi connectivity index (χ1n) is 7.89. The highest BCUT2D eigenvalue weighted by molar-refractivity contribution is 9.10. The van der Waals surface area contributed by atoms with Crippen LogP contribution in [0.1, 0.15) is 5.56 Å². The van der Waals surface area contributed by atoms with Gasteiger partial charge in [-0.15, -0.1) is 10.2 Å². The lowest BCUT2D eigenvalue weighted by Crippen LogP contribution is -2.24. The van der Waals surface area contributed by atoms with E-state index in [4.69, 9.17) is 16.3 Å². The normalized spacial score (nSPS) is 11.0. The number of aromatic nitrogens is 4. The number of amides is 1. The Hall–Kier alpha value is -2.98. The number of tetrazole rings is 1. The number of nitrogens with zero attached hydrogens (tertiary/aromatic N) is 5. The van der Waals surface area contributed by atoms with Gasteiger partial charge < -0.3 is 9.84 Å². The SMILES string of the molecule is COc1cc(/C=N\NC(=O)Cn2nnc(-c3ccccc3Cl)n2)cc(Br)c1O. The number of nitrogens with one attached hydrogen (secondary N) is 1. The van der Waals surface area contributed by atoms with Gasteiger partial charge in [-0.2, -0.15) is 9.90 Å². The van der Waals surface area contributed by atoms with Gasteiger partial charge in [0.2, 0.25) is 5.82 Å². The van der Waals surface area contributed by atoms with Gasteiger partial charge in [-0.1, -0.05) is 23.7 Å². The standard InChI is InChI=1S/C17H14BrClN6O3/c1-28-14-7-10(6-12(18)16(14)27)8-20-21-15(26)9-25-23-17(22-24-25)11-4-2-3-5-13(11)19/h2-8,27H,9H2,1H3,(H,21,26)/b20-8-. The third kappa shape index (κ3) is 4.65. The third-order valence-electron chi connectivity index (χ3n) is 3.53. The van der Waals surface area contributed by atoms with E-state index in [0.29, 0.717) is 26.4 Å². The van der Waals surface area contributed by atoms with Crippen LogP contribution < -0.4 is 10.2 Å². The second kappa shape index (κ2) is 8.81. The van der Waals surface area contributed by atoms with Crippen LogP contribution in [0.4, 0.5) is 0 Å². The van der Waals surface area contributed by atoms with Crippen LogP contribution in [-0.2, 0) is 11.3 Å². The predicted molar refractivity (Wildman–Crippen MR) is 106 cm³/mol. The largest absolute Gasteiger partial charge is 0.503 e. The van der Waals surface area contributed by atoms with Crippen molar-refractivity contribution in [3.8, 4) is 22.9 Å². The Bertz CT molecular complexity index is 1040. The molecule has 0 atom stereocenters. The number of aromatic hydroxyl groups is 1. The summed E-state index contributed by atoms with van der Waals surface area (Å²) in [6.07, 6.45) is 1.41. The molecule has 2 aromatic carbocycles. The number of phenolic OH excluding ortho intramolecular Hbond substituents is 1. The summed E-state index contributed by atoms with van der Waals surface area (Å²) in [5.41, 5.74) is 3.61. The maximum atomic E-state index is 12.0. The Labute approximate surface area is 173 Å². The Kier molecular flexibility index (Phi) is 6.22. The third-order valence-corrected chi connectivity index (χ3v) is 4.46. The van der Waals surface area contributed by atoms with Gasteiger partial charge in [-0.25, -0.2) is 5.43 Å². The molecular formula is C17H14BrClN6O3. The zero-order valence-corrected chi connectivity index (χ0v) is 16.8. The van der Waals surface area contributed by atoms with Crippen molar-refractivity contribution in [3.05, 3.63) is 51.5 Å². The molecule has 0 unspecified atom stereocenters.